The van der Waals surface area contributed by atoms with E-state index in [1.165, 1.54) is 0 Å². The summed E-state index contributed by atoms with van der Waals surface area (Å²) in [6.45, 7) is 8.93. The minimum atomic E-state index is -0.395. The van der Waals surface area contributed by atoms with E-state index in [2.05, 4.69) is 24.8 Å². The number of aliphatic hydroxyl groups is 1. The van der Waals surface area contributed by atoms with Gasteiger partial charge >= 0.3 is 0 Å². The molecule has 0 spiro atoms. The first-order chi connectivity index (χ1) is 9.10. The zero-order chi connectivity index (χ0) is 14.3. The van der Waals surface area contributed by atoms with Gasteiger partial charge in [-0.15, -0.1) is 0 Å². The maximum atomic E-state index is 10.2. The van der Waals surface area contributed by atoms with E-state index in [1.54, 1.807) is 7.11 Å². The van der Waals surface area contributed by atoms with E-state index < -0.39 is 6.10 Å². The Hall–Kier alpha value is -1.06. The second-order valence-electron chi connectivity index (χ2n) is 5.32. The quantitative estimate of drug-likeness (QED) is 0.783. The molecular weight excluding hydrogens is 238 g/mol. The van der Waals surface area contributed by atoms with E-state index in [0.29, 0.717) is 12.5 Å². The highest BCUT2D eigenvalue weighted by Gasteiger charge is 2.16. The highest BCUT2D eigenvalue weighted by molar-refractivity contribution is 5.54. The minimum absolute atomic E-state index is 0.395. The average molecular weight is 265 g/mol. The van der Waals surface area contributed by atoms with Crippen molar-refractivity contribution in [2.75, 3.05) is 31.7 Å². The van der Waals surface area contributed by atoms with Gasteiger partial charge in [-0.25, -0.2) is 0 Å². The van der Waals surface area contributed by atoms with Crippen LogP contribution < -0.4 is 4.90 Å². The Morgan fingerprint density at radius 3 is 2.53 bits per heavy atom. The number of nitrogens with zero attached hydrogens (tertiary/aromatic N) is 1. The first-order valence-corrected chi connectivity index (χ1v) is 7.11. The van der Waals surface area contributed by atoms with E-state index >= 15 is 0 Å². The van der Waals surface area contributed by atoms with E-state index in [9.17, 15) is 5.11 Å². The Bertz CT molecular complexity index is 366. The van der Waals surface area contributed by atoms with Crippen LogP contribution in [-0.2, 0) is 4.74 Å². The molecule has 1 aromatic rings. The molecule has 1 aromatic carbocycles. The van der Waals surface area contributed by atoms with Gasteiger partial charge < -0.3 is 14.7 Å². The Kier molecular flexibility index (Phi) is 6.89. The summed E-state index contributed by atoms with van der Waals surface area (Å²) in [4.78, 5) is 2.31. The lowest BCUT2D eigenvalue weighted by molar-refractivity contribution is 0.173. The molecule has 0 aliphatic rings. The first-order valence-electron chi connectivity index (χ1n) is 7.11. The Labute approximate surface area is 117 Å². The lowest BCUT2D eigenvalue weighted by Gasteiger charge is -2.29. The van der Waals surface area contributed by atoms with Crippen LogP contribution in [0.15, 0.2) is 24.3 Å². The van der Waals surface area contributed by atoms with Crippen molar-refractivity contribution >= 4 is 5.69 Å². The summed E-state index contributed by atoms with van der Waals surface area (Å²) >= 11 is 0. The van der Waals surface area contributed by atoms with Crippen molar-refractivity contribution in [2.24, 2.45) is 5.92 Å². The highest BCUT2D eigenvalue weighted by atomic mass is 16.5. The Morgan fingerprint density at radius 1 is 1.26 bits per heavy atom. The monoisotopic (exact) mass is 265 g/mol. The fraction of sp³-hybridized carbons (Fsp3) is 0.625. The number of ether oxygens (including phenoxy) is 1. The summed E-state index contributed by atoms with van der Waals surface area (Å²) in [7, 11) is 1.72. The molecule has 0 saturated heterocycles. The van der Waals surface area contributed by atoms with Crippen LogP contribution in [0.1, 0.15) is 38.9 Å². The number of benzene rings is 1. The average Bonchev–Trinajstić information content (AvgIpc) is 2.42. The number of hydrogen-bond donors (Lipinski definition) is 1. The van der Waals surface area contributed by atoms with E-state index in [-0.39, 0.29) is 0 Å². The van der Waals surface area contributed by atoms with Crippen molar-refractivity contribution in [3.8, 4) is 0 Å². The van der Waals surface area contributed by atoms with Gasteiger partial charge in [-0.1, -0.05) is 39.0 Å². The normalized spacial score (nSPS) is 12.7. The van der Waals surface area contributed by atoms with Crippen LogP contribution in [0, 0.1) is 5.92 Å². The van der Waals surface area contributed by atoms with Gasteiger partial charge in [0.05, 0.1) is 12.7 Å². The van der Waals surface area contributed by atoms with Crippen molar-refractivity contribution in [3.63, 3.8) is 0 Å². The molecule has 0 amide bonds. The van der Waals surface area contributed by atoms with E-state index in [1.807, 2.05) is 25.1 Å². The molecule has 0 saturated carbocycles. The van der Waals surface area contributed by atoms with Gasteiger partial charge in [-0.3, -0.25) is 0 Å². The summed E-state index contributed by atoms with van der Waals surface area (Å²) < 4.78 is 5.20. The molecule has 108 valence electrons. The first kappa shape index (κ1) is 16.0. The molecule has 19 heavy (non-hydrogen) atoms. The number of hydrogen-bond acceptors (Lipinski definition) is 3. The fourth-order valence-corrected chi connectivity index (χ4v) is 2.23. The van der Waals surface area contributed by atoms with Gasteiger partial charge in [0.25, 0.3) is 0 Å². The standard InChI is InChI=1S/C16H27NO2/c1-5-16(18)14-8-6-7-9-15(14)17(10-11-19-4)12-13(2)3/h6-9,13,16,18H,5,10-12H2,1-4H3/t16-/m0/s1. The van der Waals surface area contributed by atoms with Crippen molar-refractivity contribution in [1.82, 2.24) is 0 Å². The van der Waals surface area contributed by atoms with Crippen molar-refractivity contribution in [3.05, 3.63) is 29.8 Å². The number of rotatable bonds is 8. The molecule has 0 fully saturated rings. The number of anilines is 1. The topological polar surface area (TPSA) is 32.7 Å². The largest absolute Gasteiger partial charge is 0.388 e. The molecule has 0 aliphatic carbocycles. The highest BCUT2D eigenvalue weighted by Crippen LogP contribution is 2.28. The van der Waals surface area contributed by atoms with Crippen LogP contribution in [0.3, 0.4) is 0 Å². The van der Waals surface area contributed by atoms with Crippen LogP contribution in [-0.4, -0.2) is 31.9 Å². The molecule has 3 heteroatoms. The Morgan fingerprint density at radius 2 is 1.95 bits per heavy atom. The third kappa shape index (κ3) is 4.84. The van der Waals surface area contributed by atoms with Gasteiger partial charge in [0.15, 0.2) is 0 Å². The summed E-state index contributed by atoms with van der Waals surface area (Å²) in [6.07, 6.45) is 0.338. The van der Waals surface area contributed by atoms with Crippen LogP contribution in [0.4, 0.5) is 5.69 Å². The molecular formula is C16H27NO2. The molecule has 3 nitrogen and oxygen atoms in total. The van der Waals surface area contributed by atoms with Crippen LogP contribution in [0.2, 0.25) is 0 Å². The molecule has 0 radical (unpaired) electrons. The lowest BCUT2D eigenvalue weighted by Crippen LogP contribution is -2.32. The van der Waals surface area contributed by atoms with Gasteiger partial charge in [-0.05, 0) is 18.4 Å². The summed E-state index contributed by atoms with van der Waals surface area (Å²) in [5.74, 6) is 0.573. The van der Waals surface area contributed by atoms with Gasteiger partial charge in [-0.2, -0.15) is 0 Å². The van der Waals surface area contributed by atoms with Gasteiger partial charge in [0.1, 0.15) is 0 Å². The van der Waals surface area contributed by atoms with Gasteiger partial charge in [0.2, 0.25) is 0 Å². The molecule has 1 rings (SSSR count). The number of para-hydroxylation sites is 1. The summed E-state index contributed by atoms with van der Waals surface area (Å²) in [5, 5.41) is 10.2. The van der Waals surface area contributed by atoms with Crippen molar-refractivity contribution < 1.29 is 9.84 Å². The van der Waals surface area contributed by atoms with E-state index in [4.69, 9.17) is 4.74 Å². The second-order valence-corrected chi connectivity index (χ2v) is 5.32. The SMILES string of the molecule is CC[C@H](O)c1ccccc1N(CCOC)CC(C)C. The van der Waals surface area contributed by atoms with Gasteiger partial charge in [0, 0.05) is 31.5 Å². The maximum Gasteiger partial charge on any atom is 0.0807 e. The van der Waals surface area contributed by atoms with Crippen molar-refractivity contribution in [1.29, 1.82) is 0 Å². The smallest absolute Gasteiger partial charge is 0.0807 e. The Balaban J connectivity index is 2.99. The molecule has 0 unspecified atom stereocenters. The number of aliphatic hydroxyl groups excluding tert-OH is 1. The van der Waals surface area contributed by atoms with Crippen LogP contribution in [0.5, 0.6) is 0 Å². The third-order valence-corrected chi connectivity index (χ3v) is 3.17. The predicted molar refractivity (Wildman–Crippen MR) is 80.6 cm³/mol. The second kappa shape index (κ2) is 8.18. The molecule has 1 N–H and O–H groups in total. The third-order valence-electron chi connectivity index (χ3n) is 3.17. The zero-order valence-electron chi connectivity index (χ0n) is 12.6. The molecule has 0 aromatic heterocycles. The summed E-state index contributed by atoms with van der Waals surface area (Å²) in [5.41, 5.74) is 2.14. The lowest BCUT2D eigenvalue weighted by atomic mass is 10.0. The maximum absolute atomic E-state index is 10.2. The van der Waals surface area contributed by atoms with Crippen LogP contribution in [0.25, 0.3) is 0 Å². The number of methoxy groups -OCH3 is 1. The van der Waals surface area contributed by atoms with Crippen molar-refractivity contribution in [2.45, 2.75) is 33.3 Å². The molecule has 0 aliphatic heterocycles. The predicted octanol–water partition coefficient (Wildman–Crippen LogP) is 3.24. The molecule has 1 atom stereocenters. The summed E-state index contributed by atoms with van der Waals surface area (Å²) in [6, 6.07) is 8.12. The molecule has 0 heterocycles. The zero-order valence-corrected chi connectivity index (χ0v) is 12.6. The van der Waals surface area contributed by atoms with Crippen LogP contribution >= 0.6 is 0 Å². The van der Waals surface area contributed by atoms with E-state index in [0.717, 1.165) is 30.8 Å². The minimum Gasteiger partial charge on any atom is -0.388 e. The fourth-order valence-electron chi connectivity index (χ4n) is 2.23. The molecule has 0 bridgehead atoms.